The van der Waals surface area contributed by atoms with Crippen LogP contribution in [-0.4, -0.2) is 29.8 Å². The van der Waals surface area contributed by atoms with E-state index in [9.17, 15) is 0 Å². The lowest BCUT2D eigenvalue weighted by Gasteiger charge is -2.07. The monoisotopic (exact) mass is 183 g/mol. The molecule has 0 amide bonds. The largest absolute Gasteiger partial charge is 0.383 e. The number of aryl methyl sites for hydroxylation is 1. The van der Waals surface area contributed by atoms with Crippen molar-refractivity contribution in [3.8, 4) is 0 Å². The van der Waals surface area contributed by atoms with Gasteiger partial charge in [-0.3, -0.25) is 0 Å². The first kappa shape index (κ1) is 10.1. The van der Waals surface area contributed by atoms with Crippen LogP contribution >= 0.6 is 0 Å². The summed E-state index contributed by atoms with van der Waals surface area (Å²) in [7, 11) is 1.69. The molecule has 4 nitrogen and oxygen atoms in total. The number of nitrogens with one attached hydrogen (secondary N) is 1. The van der Waals surface area contributed by atoms with Gasteiger partial charge in [0.15, 0.2) is 0 Å². The fourth-order valence-corrected chi connectivity index (χ4v) is 1.16. The molecule has 0 aliphatic rings. The minimum Gasteiger partial charge on any atom is -0.383 e. The van der Waals surface area contributed by atoms with Gasteiger partial charge in [0, 0.05) is 32.6 Å². The Morgan fingerprint density at radius 2 is 2.46 bits per heavy atom. The molecule has 0 aliphatic heterocycles. The average molecular weight is 183 g/mol. The first-order valence-corrected chi connectivity index (χ1v) is 4.62. The van der Waals surface area contributed by atoms with Gasteiger partial charge in [0.25, 0.3) is 0 Å². The van der Waals surface area contributed by atoms with Crippen LogP contribution in [0.1, 0.15) is 13.3 Å². The molecule has 1 rings (SSSR count). The predicted octanol–water partition coefficient (Wildman–Crippen LogP) is 1.35. The highest BCUT2D eigenvalue weighted by Gasteiger charge is 1.99. The van der Waals surface area contributed by atoms with Crippen molar-refractivity contribution in [1.29, 1.82) is 0 Å². The van der Waals surface area contributed by atoms with Gasteiger partial charge in [-0.05, 0) is 6.42 Å². The van der Waals surface area contributed by atoms with Crippen molar-refractivity contribution in [3.63, 3.8) is 0 Å². The van der Waals surface area contributed by atoms with Gasteiger partial charge in [0.1, 0.15) is 0 Å². The molecule has 1 aromatic heterocycles. The molecule has 0 atom stereocenters. The van der Waals surface area contributed by atoms with Crippen LogP contribution in [0.15, 0.2) is 12.4 Å². The van der Waals surface area contributed by atoms with Crippen LogP contribution in [0.25, 0.3) is 0 Å². The highest BCUT2D eigenvalue weighted by Crippen LogP contribution is 2.04. The number of anilines is 1. The van der Waals surface area contributed by atoms with Crippen LogP contribution in [0.3, 0.4) is 0 Å². The second-order valence-corrected chi connectivity index (χ2v) is 2.86. The second kappa shape index (κ2) is 5.59. The zero-order valence-electron chi connectivity index (χ0n) is 8.29. The molecule has 0 saturated heterocycles. The first-order valence-electron chi connectivity index (χ1n) is 4.62. The van der Waals surface area contributed by atoms with Crippen LogP contribution in [0, 0.1) is 0 Å². The third kappa shape index (κ3) is 3.06. The molecular formula is C9H17N3O. The Morgan fingerprint density at radius 1 is 1.62 bits per heavy atom. The van der Waals surface area contributed by atoms with Crippen LogP contribution in [0.4, 0.5) is 5.95 Å². The van der Waals surface area contributed by atoms with Gasteiger partial charge in [0.05, 0.1) is 6.61 Å². The van der Waals surface area contributed by atoms with Crippen molar-refractivity contribution in [2.24, 2.45) is 0 Å². The zero-order chi connectivity index (χ0) is 9.52. The topological polar surface area (TPSA) is 39.1 Å². The van der Waals surface area contributed by atoms with E-state index < -0.39 is 0 Å². The van der Waals surface area contributed by atoms with E-state index in [1.807, 2.05) is 12.4 Å². The predicted molar refractivity (Wildman–Crippen MR) is 52.9 cm³/mol. The van der Waals surface area contributed by atoms with Gasteiger partial charge in [-0.25, -0.2) is 4.98 Å². The van der Waals surface area contributed by atoms with E-state index in [2.05, 4.69) is 21.8 Å². The van der Waals surface area contributed by atoms with Crippen molar-refractivity contribution in [2.75, 3.05) is 25.6 Å². The van der Waals surface area contributed by atoms with Gasteiger partial charge in [0.2, 0.25) is 5.95 Å². The summed E-state index contributed by atoms with van der Waals surface area (Å²) in [4.78, 5) is 4.20. The number of imidazole rings is 1. The van der Waals surface area contributed by atoms with Crippen LogP contribution in [0.5, 0.6) is 0 Å². The number of hydrogen-bond acceptors (Lipinski definition) is 3. The van der Waals surface area contributed by atoms with E-state index in [4.69, 9.17) is 4.74 Å². The lowest BCUT2D eigenvalue weighted by molar-refractivity contribution is 0.210. The molecule has 0 unspecified atom stereocenters. The van der Waals surface area contributed by atoms with E-state index in [1.165, 1.54) is 0 Å². The van der Waals surface area contributed by atoms with Crippen LogP contribution in [0.2, 0.25) is 0 Å². The molecule has 13 heavy (non-hydrogen) atoms. The molecule has 1 heterocycles. The Labute approximate surface area is 78.9 Å². The Kier molecular flexibility index (Phi) is 4.32. The first-order chi connectivity index (χ1) is 6.38. The fourth-order valence-electron chi connectivity index (χ4n) is 1.16. The third-order valence-corrected chi connectivity index (χ3v) is 1.77. The van der Waals surface area contributed by atoms with Gasteiger partial charge in [-0.2, -0.15) is 0 Å². The third-order valence-electron chi connectivity index (χ3n) is 1.77. The van der Waals surface area contributed by atoms with Crippen molar-refractivity contribution in [1.82, 2.24) is 9.55 Å². The lowest BCUT2D eigenvalue weighted by Crippen LogP contribution is -2.12. The van der Waals surface area contributed by atoms with Gasteiger partial charge in [-0.1, -0.05) is 6.92 Å². The summed E-state index contributed by atoms with van der Waals surface area (Å²) in [5, 5.41) is 3.21. The van der Waals surface area contributed by atoms with Gasteiger partial charge in [-0.15, -0.1) is 0 Å². The smallest absolute Gasteiger partial charge is 0.202 e. The SMILES string of the molecule is CCCn1ccnc1NCCOC. The Bertz CT molecular complexity index is 235. The molecular weight excluding hydrogens is 166 g/mol. The quantitative estimate of drug-likeness (QED) is 0.677. The summed E-state index contributed by atoms with van der Waals surface area (Å²) < 4.78 is 7.05. The molecule has 4 heteroatoms. The molecule has 0 aromatic carbocycles. The van der Waals surface area contributed by atoms with E-state index in [-0.39, 0.29) is 0 Å². The second-order valence-electron chi connectivity index (χ2n) is 2.86. The average Bonchev–Trinajstić information content (AvgIpc) is 2.54. The summed E-state index contributed by atoms with van der Waals surface area (Å²) in [6.45, 7) is 4.67. The molecule has 74 valence electrons. The van der Waals surface area contributed by atoms with Crippen LogP contribution < -0.4 is 5.32 Å². The molecule has 0 aliphatic carbocycles. The maximum Gasteiger partial charge on any atom is 0.202 e. The molecule has 0 fully saturated rings. The van der Waals surface area contributed by atoms with Crippen molar-refractivity contribution in [3.05, 3.63) is 12.4 Å². The van der Waals surface area contributed by atoms with E-state index >= 15 is 0 Å². The van der Waals surface area contributed by atoms with Crippen molar-refractivity contribution < 1.29 is 4.74 Å². The van der Waals surface area contributed by atoms with Gasteiger partial charge >= 0.3 is 0 Å². The molecule has 0 saturated carbocycles. The Balaban J connectivity index is 2.40. The molecule has 0 radical (unpaired) electrons. The highest BCUT2D eigenvalue weighted by molar-refractivity contribution is 5.25. The van der Waals surface area contributed by atoms with E-state index in [0.29, 0.717) is 6.61 Å². The Hall–Kier alpha value is -1.03. The van der Waals surface area contributed by atoms with E-state index in [0.717, 1.165) is 25.5 Å². The normalized spacial score (nSPS) is 10.3. The fraction of sp³-hybridized carbons (Fsp3) is 0.667. The molecule has 1 N–H and O–H groups in total. The summed E-state index contributed by atoms with van der Waals surface area (Å²) in [6.07, 6.45) is 4.92. The van der Waals surface area contributed by atoms with Gasteiger partial charge < -0.3 is 14.6 Å². The minimum atomic E-state index is 0.707. The highest BCUT2D eigenvalue weighted by atomic mass is 16.5. The maximum absolute atomic E-state index is 4.94. The standard InChI is InChI=1S/C9H17N3O/c1-3-6-12-7-4-10-9(12)11-5-8-13-2/h4,7H,3,5-6,8H2,1-2H3,(H,10,11). The number of nitrogens with zero attached hydrogens (tertiary/aromatic N) is 2. The van der Waals surface area contributed by atoms with Crippen LogP contribution in [-0.2, 0) is 11.3 Å². The summed E-state index contributed by atoms with van der Waals surface area (Å²) in [6, 6.07) is 0. The minimum absolute atomic E-state index is 0.707. The molecule has 0 bridgehead atoms. The zero-order valence-corrected chi connectivity index (χ0v) is 8.29. The molecule has 0 spiro atoms. The molecule has 1 aromatic rings. The summed E-state index contributed by atoms with van der Waals surface area (Å²) in [5.74, 6) is 0.930. The Morgan fingerprint density at radius 3 is 3.15 bits per heavy atom. The van der Waals surface area contributed by atoms with Crippen molar-refractivity contribution >= 4 is 5.95 Å². The number of methoxy groups -OCH3 is 1. The number of rotatable bonds is 6. The number of hydrogen-bond donors (Lipinski definition) is 1. The maximum atomic E-state index is 4.94. The lowest BCUT2D eigenvalue weighted by atomic mass is 10.5. The van der Waals surface area contributed by atoms with Crippen molar-refractivity contribution in [2.45, 2.75) is 19.9 Å². The number of ether oxygens (including phenoxy) is 1. The summed E-state index contributed by atoms with van der Waals surface area (Å²) in [5.41, 5.74) is 0. The number of aromatic nitrogens is 2. The van der Waals surface area contributed by atoms with E-state index in [1.54, 1.807) is 7.11 Å². The summed E-state index contributed by atoms with van der Waals surface area (Å²) >= 11 is 0.